The Morgan fingerprint density at radius 2 is 0.510 bits per heavy atom. The van der Waals surface area contributed by atoms with Gasteiger partial charge in [-0.05, 0) is 43.4 Å². The summed E-state index contributed by atoms with van der Waals surface area (Å²) < 4.78 is 68.6. The van der Waals surface area contributed by atoms with Gasteiger partial charge in [-0.3, -0.25) is 37.3 Å². The minimum absolute atomic E-state index is 0.105. The first-order chi connectivity index (χ1) is 48.3. The van der Waals surface area contributed by atoms with E-state index in [1.54, 1.807) is 0 Å². The minimum Gasteiger partial charge on any atom is -0.462 e. The Morgan fingerprint density at radius 3 is 0.760 bits per heavy atom. The normalized spacial score (nSPS) is 14.2. The smallest absolute Gasteiger partial charge is 0.462 e. The van der Waals surface area contributed by atoms with Gasteiger partial charge in [0, 0.05) is 25.7 Å². The monoisotopic (exact) mass is 1470 g/mol. The molecule has 19 heteroatoms. The van der Waals surface area contributed by atoms with Crippen LogP contribution in [0.4, 0.5) is 0 Å². The van der Waals surface area contributed by atoms with Crippen molar-refractivity contribution in [2.45, 2.75) is 439 Å². The van der Waals surface area contributed by atoms with Gasteiger partial charge < -0.3 is 33.8 Å². The van der Waals surface area contributed by atoms with Crippen LogP contribution in [0.1, 0.15) is 421 Å². The molecule has 0 aromatic carbocycles. The van der Waals surface area contributed by atoms with E-state index in [0.717, 1.165) is 108 Å². The molecule has 0 aromatic rings. The Labute approximate surface area is 613 Å². The van der Waals surface area contributed by atoms with Crippen molar-refractivity contribution in [3.63, 3.8) is 0 Å². The van der Waals surface area contributed by atoms with E-state index in [0.29, 0.717) is 31.6 Å². The molecule has 0 radical (unpaired) electrons. The molecule has 0 heterocycles. The van der Waals surface area contributed by atoms with E-state index in [4.69, 9.17) is 37.0 Å². The zero-order valence-corrected chi connectivity index (χ0v) is 67.5. The number of phosphoric ester groups is 2. The van der Waals surface area contributed by atoms with Gasteiger partial charge in [-0.1, -0.05) is 370 Å². The first kappa shape index (κ1) is 98.1. The van der Waals surface area contributed by atoms with Crippen LogP contribution in [-0.4, -0.2) is 96.7 Å². The maximum atomic E-state index is 13.1. The Balaban J connectivity index is 5.17. The van der Waals surface area contributed by atoms with Crippen LogP contribution in [0, 0.1) is 17.8 Å². The SMILES string of the molecule is CCCCCCCCCCCCC(=O)O[C@H](COC(=O)CCCCCCCCC(C)C)COP(=O)(O)OC[C@H](O)COP(=O)(O)OC[C@@H](COC(=O)CCCCCCCCCCCCCCCCCCC(C)C)OC(=O)CCCCCCCCCCCCCCCCCCCCC(C)CC. The van der Waals surface area contributed by atoms with Gasteiger partial charge in [0.1, 0.15) is 19.3 Å². The van der Waals surface area contributed by atoms with Crippen molar-refractivity contribution in [1.82, 2.24) is 0 Å². The van der Waals surface area contributed by atoms with Crippen LogP contribution in [0.5, 0.6) is 0 Å². The van der Waals surface area contributed by atoms with Gasteiger partial charge >= 0.3 is 39.5 Å². The van der Waals surface area contributed by atoms with Gasteiger partial charge in [-0.25, -0.2) is 9.13 Å². The number of carbonyl (C=O) groups is 4. The second kappa shape index (κ2) is 71.3. The molecule has 0 aliphatic rings. The average Bonchev–Trinajstić information content (AvgIpc) is 0.909. The number of rotatable bonds is 79. The van der Waals surface area contributed by atoms with Gasteiger partial charge in [0.2, 0.25) is 0 Å². The highest BCUT2D eigenvalue weighted by Gasteiger charge is 2.30. The lowest BCUT2D eigenvalue weighted by molar-refractivity contribution is -0.161. The molecule has 0 fully saturated rings. The van der Waals surface area contributed by atoms with E-state index in [1.807, 2.05) is 0 Å². The topological polar surface area (TPSA) is 237 Å². The van der Waals surface area contributed by atoms with Crippen molar-refractivity contribution in [2.75, 3.05) is 39.6 Å². The summed E-state index contributed by atoms with van der Waals surface area (Å²) in [5, 5.41) is 10.6. The lowest BCUT2D eigenvalue weighted by Crippen LogP contribution is -2.30. The fraction of sp³-hybridized carbons (Fsp3) is 0.951. The third-order valence-electron chi connectivity index (χ3n) is 19.2. The summed E-state index contributed by atoms with van der Waals surface area (Å²) in [5.74, 6) is 0.249. The molecule has 0 bridgehead atoms. The number of carbonyl (C=O) groups excluding carboxylic acids is 4. The van der Waals surface area contributed by atoms with Crippen molar-refractivity contribution < 1.29 is 80.2 Å². The molecule has 0 aliphatic carbocycles. The van der Waals surface area contributed by atoms with E-state index < -0.39 is 97.5 Å². The molecule has 594 valence electrons. The molecule has 6 atom stereocenters. The Morgan fingerprint density at radius 1 is 0.290 bits per heavy atom. The summed E-state index contributed by atoms with van der Waals surface area (Å²) in [7, 11) is -9.91. The van der Waals surface area contributed by atoms with Gasteiger partial charge in [0.25, 0.3) is 0 Å². The van der Waals surface area contributed by atoms with E-state index in [-0.39, 0.29) is 25.7 Å². The largest absolute Gasteiger partial charge is 0.472 e. The lowest BCUT2D eigenvalue weighted by Gasteiger charge is -2.21. The number of ether oxygens (including phenoxy) is 4. The van der Waals surface area contributed by atoms with Crippen LogP contribution in [-0.2, 0) is 65.4 Å². The second-order valence-corrected chi connectivity index (χ2v) is 33.3. The number of hydrogen-bond donors (Lipinski definition) is 3. The van der Waals surface area contributed by atoms with Gasteiger partial charge in [0.05, 0.1) is 26.4 Å². The highest BCUT2D eigenvalue weighted by atomic mass is 31.2. The van der Waals surface area contributed by atoms with Crippen LogP contribution in [0.25, 0.3) is 0 Å². The van der Waals surface area contributed by atoms with Crippen LogP contribution in [0.15, 0.2) is 0 Å². The van der Waals surface area contributed by atoms with Crippen molar-refractivity contribution in [1.29, 1.82) is 0 Å². The number of unbranched alkanes of at least 4 members (excludes halogenated alkanes) is 46. The quantitative estimate of drug-likeness (QED) is 0.0222. The maximum absolute atomic E-state index is 13.1. The maximum Gasteiger partial charge on any atom is 0.472 e. The number of hydrogen-bond acceptors (Lipinski definition) is 15. The first-order valence-electron chi connectivity index (χ1n) is 41.9. The first-order valence-corrected chi connectivity index (χ1v) is 44.9. The molecular formula is C81H158O17P2. The molecule has 0 amide bonds. The summed E-state index contributed by atoms with van der Waals surface area (Å²) in [6.45, 7) is 11.9. The van der Waals surface area contributed by atoms with Crippen LogP contribution < -0.4 is 0 Å². The van der Waals surface area contributed by atoms with Crippen LogP contribution in [0.3, 0.4) is 0 Å². The Bertz CT molecular complexity index is 1940. The fourth-order valence-electron chi connectivity index (χ4n) is 12.5. The highest BCUT2D eigenvalue weighted by Crippen LogP contribution is 2.45. The standard InChI is InChI=1S/C81H158O17P2/c1-8-10-11-12-13-14-35-41-50-57-64-80(85)98-77(69-92-79(84)63-56-49-44-43-46-53-60-73(5)6)71-96-100(89,90)94-67-75(82)66-93-99(87,88)95-70-76(68-91-78(83)62-55-48-40-36-31-27-23-20-19-21-25-29-33-38-45-52-59-72(3)4)97-81(86)65-58-51-42-37-32-28-24-18-16-15-17-22-26-30-34-39-47-54-61-74(7)9-2/h72-77,82H,8-71H2,1-7H3,(H,87,88)(H,89,90)/t74?,75-,76-,77-/m1/s1. The number of esters is 4. The van der Waals surface area contributed by atoms with Gasteiger partial charge in [-0.2, -0.15) is 0 Å². The molecule has 0 saturated carbocycles. The van der Waals surface area contributed by atoms with E-state index in [9.17, 15) is 43.2 Å². The summed E-state index contributed by atoms with van der Waals surface area (Å²) >= 11 is 0. The molecule has 17 nitrogen and oxygen atoms in total. The molecule has 0 aromatic heterocycles. The summed E-state index contributed by atoms with van der Waals surface area (Å²) in [4.78, 5) is 72.9. The second-order valence-electron chi connectivity index (χ2n) is 30.4. The Hall–Kier alpha value is -1.94. The zero-order valence-electron chi connectivity index (χ0n) is 65.7. The molecule has 0 saturated heterocycles. The van der Waals surface area contributed by atoms with E-state index in [2.05, 4.69) is 48.5 Å². The zero-order chi connectivity index (χ0) is 73.7. The third kappa shape index (κ3) is 73.0. The number of aliphatic hydroxyl groups excluding tert-OH is 1. The molecule has 0 aliphatic heterocycles. The number of aliphatic hydroxyl groups is 1. The number of phosphoric acid groups is 2. The third-order valence-corrected chi connectivity index (χ3v) is 21.1. The van der Waals surface area contributed by atoms with Crippen LogP contribution in [0.2, 0.25) is 0 Å². The molecule has 0 rings (SSSR count). The molecule has 3 N–H and O–H groups in total. The Kier molecular flexibility index (Phi) is 69.9. The van der Waals surface area contributed by atoms with Crippen molar-refractivity contribution in [2.24, 2.45) is 17.8 Å². The fourth-order valence-corrected chi connectivity index (χ4v) is 14.0. The minimum atomic E-state index is -4.96. The average molecular weight is 1470 g/mol. The predicted molar refractivity (Wildman–Crippen MR) is 409 cm³/mol. The molecule has 100 heavy (non-hydrogen) atoms. The molecule has 0 spiro atoms. The predicted octanol–water partition coefficient (Wildman–Crippen LogP) is 24.1. The lowest BCUT2D eigenvalue weighted by atomic mass is 9.99. The van der Waals surface area contributed by atoms with Crippen molar-refractivity contribution in [3.05, 3.63) is 0 Å². The van der Waals surface area contributed by atoms with Crippen molar-refractivity contribution in [3.8, 4) is 0 Å². The molecular weight excluding hydrogens is 1310 g/mol. The highest BCUT2D eigenvalue weighted by molar-refractivity contribution is 7.47. The van der Waals surface area contributed by atoms with E-state index in [1.165, 1.54) is 225 Å². The summed E-state index contributed by atoms with van der Waals surface area (Å²) in [5.41, 5.74) is 0. The molecule has 3 unspecified atom stereocenters. The van der Waals surface area contributed by atoms with Crippen LogP contribution >= 0.6 is 15.6 Å². The van der Waals surface area contributed by atoms with Crippen molar-refractivity contribution >= 4 is 39.5 Å². The van der Waals surface area contributed by atoms with Gasteiger partial charge in [0.15, 0.2) is 12.2 Å². The van der Waals surface area contributed by atoms with E-state index >= 15 is 0 Å². The van der Waals surface area contributed by atoms with Gasteiger partial charge in [-0.15, -0.1) is 0 Å². The summed E-state index contributed by atoms with van der Waals surface area (Å²) in [6.07, 6.45) is 59.9. The summed E-state index contributed by atoms with van der Waals surface area (Å²) in [6, 6.07) is 0.